The Morgan fingerprint density at radius 3 is 2.24 bits per heavy atom. The van der Waals surface area contributed by atoms with Crippen LogP contribution in [0.3, 0.4) is 0 Å². The van der Waals surface area contributed by atoms with Gasteiger partial charge in [-0.25, -0.2) is 0 Å². The van der Waals surface area contributed by atoms with E-state index in [2.05, 4.69) is 4.98 Å². The molecule has 5 heteroatoms. The Labute approximate surface area is 122 Å². The minimum absolute atomic E-state index is 0.197. The SMILES string of the molecule is CCOC(=O)C(C(=O)OCC)c1ccc2ccccc2n1. The van der Waals surface area contributed by atoms with Gasteiger partial charge in [-0.1, -0.05) is 24.3 Å². The molecule has 0 radical (unpaired) electrons. The normalized spacial score (nSPS) is 10.6. The largest absolute Gasteiger partial charge is 0.465 e. The van der Waals surface area contributed by atoms with Crippen molar-refractivity contribution < 1.29 is 19.1 Å². The van der Waals surface area contributed by atoms with Crippen LogP contribution in [0.1, 0.15) is 25.5 Å². The number of para-hydroxylation sites is 1. The van der Waals surface area contributed by atoms with E-state index in [9.17, 15) is 9.59 Å². The van der Waals surface area contributed by atoms with Crippen molar-refractivity contribution >= 4 is 22.8 Å². The average Bonchev–Trinajstić information content (AvgIpc) is 2.48. The second-order valence-corrected chi connectivity index (χ2v) is 4.37. The van der Waals surface area contributed by atoms with E-state index in [1.54, 1.807) is 19.9 Å². The summed E-state index contributed by atoms with van der Waals surface area (Å²) < 4.78 is 9.92. The molecule has 0 unspecified atom stereocenters. The molecule has 21 heavy (non-hydrogen) atoms. The number of pyridine rings is 1. The molecular weight excluding hydrogens is 270 g/mol. The number of hydrogen-bond donors (Lipinski definition) is 0. The highest BCUT2D eigenvalue weighted by atomic mass is 16.6. The third-order valence-electron chi connectivity index (χ3n) is 2.96. The first-order valence-corrected chi connectivity index (χ1v) is 6.86. The van der Waals surface area contributed by atoms with Crippen molar-refractivity contribution in [1.82, 2.24) is 4.98 Å². The van der Waals surface area contributed by atoms with Gasteiger partial charge in [0.15, 0.2) is 5.92 Å². The minimum atomic E-state index is -1.14. The van der Waals surface area contributed by atoms with Crippen molar-refractivity contribution in [2.75, 3.05) is 13.2 Å². The molecule has 0 atom stereocenters. The highest BCUT2D eigenvalue weighted by molar-refractivity contribution is 6.00. The van der Waals surface area contributed by atoms with Crippen molar-refractivity contribution in [3.05, 3.63) is 42.1 Å². The highest BCUT2D eigenvalue weighted by Crippen LogP contribution is 2.21. The Hall–Kier alpha value is -2.43. The summed E-state index contributed by atoms with van der Waals surface area (Å²) in [5.74, 6) is -2.42. The molecule has 0 N–H and O–H groups in total. The third kappa shape index (κ3) is 3.37. The summed E-state index contributed by atoms with van der Waals surface area (Å²) in [6.07, 6.45) is 0. The number of benzene rings is 1. The molecule has 0 fully saturated rings. The van der Waals surface area contributed by atoms with Crippen molar-refractivity contribution in [1.29, 1.82) is 0 Å². The van der Waals surface area contributed by atoms with Crippen LogP contribution in [-0.2, 0) is 19.1 Å². The molecule has 0 bridgehead atoms. The number of ether oxygens (including phenoxy) is 2. The predicted octanol–water partition coefficient (Wildman–Crippen LogP) is 2.44. The Balaban J connectivity index is 2.41. The fourth-order valence-corrected chi connectivity index (χ4v) is 2.03. The second kappa shape index (κ2) is 6.83. The molecule has 0 saturated carbocycles. The van der Waals surface area contributed by atoms with Crippen molar-refractivity contribution in [2.45, 2.75) is 19.8 Å². The Morgan fingerprint density at radius 1 is 1.00 bits per heavy atom. The van der Waals surface area contributed by atoms with Crippen LogP contribution in [0.4, 0.5) is 0 Å². The topological polar surface area (TPSA) is 65.5 Å². The van der Waals surface area contributed by atoms with E-state index in [1.807, 2.05) is 30.3 Å². The fourth-order valence-electron chi connectivity index (χ4n) is 2.03. The van der Waals surface area contributed by atoms with Gasteiger partial charge in [0.05, 0.1) is 24.4 Å². The smallest absolute Gasteiger partial charge is 0.326 e. The van der Waals surface area contributed by atoms with Crippen LogP contribution in [0.5, 0.6) is 0 Å². The van der Waals surface area contributed by atoms with E-state index in [1.165, 1.54) is 0 Å². The van der Waals surface area contributed by atoms with Crippen molar-refractivity contribution in [3.8, 4) is 0 Å². The van der Waals surface area contributed by atoms with Crippen LogP contribution in [0.25, 0.3) is 10.9 Å². The van der Waals surface area contributed by atoms with Gasteiger partial charge >= 0.3 is 11.9 Å². The summed E-state index contributed by atoms with van der Waals surface area (Å²) in [5, 5.41) is 0.938. The van der Waals surface area contributed by atoms with E-state index in [4.69, 9.17) is 9.47 Å². The number of nitrogens with zero attached hydrogens (tertiary/aromatic N) is 1. The van der Waals surface area contributed by atoms with Gasteiger partial charge in [-0.3, -0.25) is 14.6 Å². The summed E-state index contributed by atoms with van der Waals surface area (Å²) in [5.41, 5.74) is 1.05. The molecule has 0 amide bonds. The maximum atomic E-state index is 12.0. The van der Waals surface area contributed by atoms with E-state index >= 15 is 0 Å². The van der Waals surface area contributed by atoms with Crippen LogP contribution < -0.4 is 0 Å². The zero-order valence-electron chi connectivity index (χ0n) is 12.0. The molecule has 2 aromatic rings. The second-order valence-electron chi connectivity index (χ2n) is 4.37. The molecule has 5 nitrogen and oxygen atoms in total. The lowest BCUT2D eigenvalue weighted by molar-refractivity contribution is -0.157. The standard InChI is InChI=1S/C16H17NO4/c1-3-20-15(18)14(16(19)21-4-2)13-10-9-11-7-5-6-8-12(11)17-13/h5-10,14H,3-4H2,1-2H3. The average molecular weight is 287 g/mol. The van der Waals surface area contributed by atoms with E-state index < -0.39 is 17.9 Å². The lowest BCUT2D eigenvalue weighted by Crippen LogP contribution is -2.27. The van der Waals surface area contributed by atoms with Gasteiger partial charge in [0.2, 0.25) is 0 Å². The summed E-state index contributed by atoms with van der Waals surface area (Å²) in [7, 11) is 0. The number of esters is 2. The molecule has 2 rings (SSSR count). The minimum Gasteiger partial charge on any atom is -0.465 e. The summed E-state index contributed by atoms with van der Waals surface area (Å²) in [6, 6.07) is 11.0. The van der Waals surface area contributed by atoms with Gasteiger partial charge in [0.25, 0.3) is 0 Å². The molecule has 1 aromatic heterocycles. The van der Waals surface area contributed by atoms with E-state index in [-0.39, 0.29) is 13.2 Å². The lowest BCUT2D eigenvalue weighted by Gasteiger charge is -2.14. The highest BCUT2D eigenvalue weighted by Gasteiger charge is 2.32. The van der Waals surface area contributed by atoms with Crippen LogP contribution in [-0.4, -0.2) is 30.1 Å². The molecule has 0 saturated heterocycles. The number of hydrogen-bond acceptors (Lipinski definition) is 5. The zero-order chi connectivity index (χ0) is 15.2. The maximum Gasteiger partial charge on any atom is 0.326 e. The van der Waals surface area contributed by atoms with Gasteiger partial charge in [-0.15, -0.1) is 0 Å². The predicted molar refractivity (Wildman–Crippen MR) is 77.8 cm³/mol. The Bertz CT molecular complexity index is 636. The van der Waals surface area contributed by atoms with Gasteiger partial charge in [-0.05, 0) is 26.0 Å². The Morgan fingerprint density at radius 2 is 1.62 bits per heavy atom. The van der Waals surface area contributed by atoms with Crippen LogP contribution in [0, 0.1) is 0 Å². The van der Waals surface area contributed by atoms with Crippen LogP contribution in [0.2, 0.25) is 0 Å². The zero-order valence-corrected chi connectivity index (χ0v) is 12.0. The summed E-state index contributed by atoms with van der Waals surface area (Å²) >= 11 is 0. The van der Waals surface area contributed by atoms with E-state index in [0.29, 0.717) is 11.2 Å². The van der Waals surface area contributed by atoms with Crippen LogP contribution in [0.15, 0.2) is 36.4 Å². The quantitative estimate of drug-likeness (QED) is 0.624. The van der Waals surface area contributed by atoms with Gasteiger partial charge in [0, 0.05) is 5.39 Å². The number of carbonyl (C=O) groups excluding carboxylic acids is 2. The first-order valence-electron chi connectivity index (χ1n) is 6.86. The molecule has 0 aliphatic heterocycles. The molecule has 110 valence electrons. The van der Waals surface area contributed by atoms with Gasteiger partial charge in [0.1, 0.15) is 0 Å². The summed E-state index contributed by atoms with van der Waals surface area (Å²) in [4.78, 5) is 28.4. The third-order valence-corrected chi connectivity index (χ3v) is 2.96. The Kier molecular flexibility index (Phi) is 4.87. The molecule has 0 aliphatic rings. The number of rotatable bonds is 5. The molecular formula is C16H17NO4. The van der Waals surface area contributed by atoms with Gasteiger partial charge in [-0.2, -0.15) is 0 Å². The first kappa shape index (κ1) is 15.0. The number of aromatic nitrogens is 1. The van der Waals surface area contributed by atoms with Crippen molar-refractivity contribution in [2.24, 2.45) is 0 Å². The molecule has 1 aromatic carbocycles. The molecule has 1 heterocycles. The number of carbonyl (C=O) groups is 2. The molecule has 0 spiro atoms. The lowest BCUT2D eigenvalue weighted by atomic mass is 10.0. The number of fused-ring (bicyclic) bond motifs is 1. The van der Waals surface area contributed by atoms with E-state index in [0.717, 1.165) is 5.39 Å². The van der Waals surface area contributed by atoms with Crippen LogP contribution >= 0.6 is 0 Å². The fraction of sp³-hybridized carbons (Fsp3) is 0.312. The summed E-state index contributed by atoms with van der Waals surface area (Å²) in [6.45, 7) is 3.77. The monoisotopic (exact) mass is 287 g/mol. The molecule has 0 aliphatic carbocycles. The maximum absolute atomic E-state index is 12.0. The van der Waals surface area contributed by atoms with Crippen molar-refractivity contribution in [3.63, 3.8) is 0 Å². The first-order chi connectivity index (χ1) is 10.2. The van der Waals surface area contributed by atoms with Gasteiger partial charge < -0.3 is 9.47 Å².